The smallest absolute Gasteiger partial charge is 0.240 e. The third-order valence-electron chi connectivity index (χ3n) is 4.39. The molecule has 8 nitrogen and oxygen atoms in total. The molecule has 29 heavy (non-hydrogen) atoms. The molecular formula is C20H23N3O5S. The van der Waals surface area contributed by atoms with Crippen LogP contribution in [0, 0.1) is 0 Å². The normalized spacial score (nSPS) is 13.3. The van der Waals surface area contributed by atoms with Gasteiger partial charge in [0.1, 0.15) is 5.75 Å². The summed E-state index contributed by atoms with van der Waals surface area (Å²) in [6.07, 6.45) is 0.792. The van der Waals surface area contributed by atoms with Gasteiger partial charge in [-0.25, -0.2) is 13.1 Å². The zero-order valence-corrected chi connectivity index (χ0v) is 16.8. The first-order valence-electron chi connectivity index (χ1n) is 9.33. The molecule has 0 bridgehead atoms. The maximum absolute atomic E-state index is 12.5. The number of amides is 2. The molecule has 1 aliphatic heterocycles. The minimum absolute atomic E-state index is 0.0271. The maximum atomic E-state index is 12.5. The van der Waals surface area contributed by atoms with Crippen molar-refractivity contribution in [1.82, 2.24) is 4.72 Å². The molecule has 0 atom stereocenters. The molecule has 2 aromatic rings. The number of carbonyl (C=O) groups is 2. The van der Waals surface area contributed by atoms with Gasteiger partial charge in [-0.3, -0.25) is 9.59 Å². The van der Waals surface area contributed by atoms with E-state index in [0.29, 0.717) is 36.6 Å². The topological polar surface area (TPSA) is 114 Å². The monoisotopic (exact) mass is 417 g/mol. The second-order valence-corrected chi connectivity index (χ2v) is 8.26. The molecule has 0 spiro atoms. The van der Waals surface area contributed by atoms with Gasteiger partial charge in [0, 0.05) is 25.1 Å². The highest BCUT2D eigenvalue weighted by atomic mass is 32.2. The molecule has 1 heterocycles. The predicted molar refractivity (Wildman–Crippen MR) is 109 cm³/mol. The Morgan fingerprint density at radius 1 is 1.17 bits per heavy atom. The van der Waals surface area contributed by atoms with E-state index in [1.54, 1.807) is 36.4 Å². The summed E-state index contributed by atoms with van der Waals surface area (Å²) in [6.45, 7) is 2.28. The molecule has 0 aromatic heterocycles. The Morgan fingerprint density at radius 2 is 1.97 bits per heavy atom. The number of ether oxygens (including phenoxy) is 1. The Morgan fingerprint density at radius 3 is 2.76 bits per heavy atom. The molecule has 2 amide bonds. The summed E-state index contributed by atoms with van der Waals surface area (Å²) >= 11 is 0. The molecule has 2 aromatic carbocycles. The fourth-order valence-corrected chi connectivity index (χ4v) is 4.06. The fourth-order valence-electron chi connectivity index (χ4n) is 2.97. The summed E-state index contributed by atoms with van der Waals surface area (Å²) in [6, 6.07) is 11.6. The van der Waals surface area contributed by atoms with E-state index in [1.165, 1.54) is 6.07 Å². The first-order valence-corrected chi connectivity index (χ1v) is 10.8. The van der Waals surface area contributed by atoms with E-state index in [1.807, 2.05) is 6.92 Å². The number of anilines is 2. The largest absolute Gasteiger partial charge is 0.492 e. The number of nitrogens with one attached hydrogen (secondary N) is 3. The lowest BCUT2D eigenvalue weighted by atomic mass is 10.0. The van der Waals surface area contributed by atoms with E-state index in [4.69, 9.17) is 4.74 Å². The molecule has 0 aliphatic carbocycles. The Balaban J connectivity index is 1.57. The lowest BCUT2D eigenvalue weighted by Gasteiger charge is -2.17. The fraction of sp³-hybridized carbons (Fsp3) is 0.300. The van der Waals surface area contributed by atoms with E-state index in [9.17, 15) is 18.0 Å². The SMILES string of the molecule is CCOc1ccccc1NC(=O)CCNS(=O)(=O)c1ccc2c(c1)CCC(=O)N2. The van der Waals surface area contributed by atoms with Crippen LogP contribution in [0.1, 0.15) is 25.3 Å². The Hall–Kier alpha value is -2.91. The lowest BCUT2D eigenvalue weighted by Crippen LogP contribution is -2.28. The molecule has 0 fully saturated rings. The molecular weight excluding hydrogens is 394 g/mol. The van der Waals surface area contributed by atoms with E-state index >= 15 is 0 Å². The van der Waals surface area contributed by atoms with Crippen LogP contribution < -0.4 is 20.1 Å². The van der Waals surface area contributed by atoms with Crippen molar-refractivity contribution in [3.8, 4) is 5.75 Å². The second kappa shape index (κ2) is 9.06. The third-order valence-corrected chi connectivity index (χ3v) is 5.85. The average molecular weight is 417 g/mol. The molecule has 0 saturated heterocycles. The molecule has 3 rings (SSSR count). The third kappa shape index (κ3) is 5.33. The molecule has 3 N–H and O–H groups in total. The number of rotatable bonds is 8. The van der Waals surface area contributed by atoms with Crippen LogP contribution in [0.2, 0.25) is 0 Å². The minimum Gasteiger partial charge on any atom is -0.492 e. The highest BCUT2D eigenvalue weighted by molar-refractivity contribution is 7.89. The number of sulfonamides is 1. The quantitative estimate of drug-likeness (QED) is 0.610. The summed E-state index contributed by atoms with van der Waals surface area (Å²) < 4.78 is 32.9. The highest BCUT2D eigenvalue weighted by Gasteiger charge is 2.20. The van der Waals surface area contributed by atoms with Crippen molar-refractivity contribution >= 4 is 33.2 Å². The summed E-state index contributed by atoms with van der Waals surface area (Å²) in [7, 11) is -3.76. The number of para-hydroxylation sites is 2. The highest BCUT2D eigenvalue weighted by Crippen LogP contribution is 2.26. The van der Waals surface area contributed by atoms with Crippen LogP contribution in [0.5, 0.6) is 5.75 Å². The van der Waals surface area contributed by atoms with Crippen LogP contribution in [0.25, 0.3) is 0 Å². The Kier molecular flexibility index (Phi) is 6.50. The molecule has 0 radical (unpaired) electrons. The van der Waals surface area contributed by atoms with Crippen molar-refractivity contribution in [2.24, 2.45) is 0 Å². The van der Waals surface area contributed by atoms with Crippen molar-refractivity contribution in [3.05, 3.63) is 48.0 Å². The van der Waals surface area contributed by atoms with Gasteiger partial charge in [-0.2, -0.15) is 0 Å². The zero-order valence-electron chi connectivity index (χ0n) is 16.0. The van der Waals surface area contributed by atoms with E-state index in [2.05, 4.69) is 15.4 Å². The molecule has 1 aliphatic rings. The van der Waals surface area contributed by atoms with Crippen LogP contribution in [-0.4, -0.2) is 33.4 Å². The number of carbonyl (C=O) groups excluding carboxylic acids is 2. The van der Waals surface area contributed by atoms with Gasteiger partial charge in [0.05, 0.1) is 17.2 Å². The van der Waals surface area contributed by atoms with Gasteiger partial charge in [0.2, 0.25) is 21.8 Å². The first-order chi connectivity index (χ1) is 13.9. The maximum Gasteiger partial charge on any atom is 0.240 e. The van der Waals surface area contributed by atoms with Crippen molar-refractivity contribution in [3.63, 3.8) is 0 Å². The van der Waals surface area contributed by atoms with Crippen LogP contribution >= 0.6 is 0 Å². The Bertz CT molecular complexity index is 1020. The first kappa shape index (κ1) is 20.8. The van der Waals surface area contributed by atoms with Gasteiger partial charge >= 0.3 is 0 Å². The van der Waals surface area contributed by atoms with Gasteiger partial charge in [0.15, 0.2) is 0 Å². The molecule has 0 saturated carbocycles. The van der Waals surface area contributed by atoms with Crippen molar-refractivity contribution in [2.45, 2.75) is 31.1 Å². The Labute approximate surface area is 169 Å². The number of hydrogen-bond donors (Lipinski definition) is 3. The van der Waals surface area contributed by atoms with Crippen molar-refractivity contribution in [1.29, 1.82) is 0 Å². The molecule has 0 unspecified atom stereocenters. The van der Waals surface area contributed by atoms with Crippen LogP contribution in [-0.2, 0) is 26.0 Å². The van der Waals surface area contributed by atoms with Gasteiger partial charge in [-0.05, 0) is 49.2 Å². The van der Waals surface area contributed by atoms with Gasteiger partial charge in [0.25, 0.3) is 0 Å². The predicted octanol–water partition coefficient (Wildman–Crippen LogP) is 2.28. The number of fused-ring (bicyclic) bond motifs is 1. The number of hydrogen-bond acceptors (Lipinski definition) is 5. The van der Waals surface area contributed by atoms with Gasteiger partial charge in [-0.15, -0.1) is 0 Å². The minimum atomic E-state index is -3.76. The van der Waals surface area contributed by atoms with E-state index < -0.39 is 10.0 Å². The number of aryl methyl sites for hydroxylation is 1. The van der Waals surface area contributed by atoms with Crippen molar-refractivity contribution < 1.29 is 22.7 Å². The van der Waals surface area contributed by atoms with Gasteiger partial charge < -0.3 is 15.4 Å². The van der Waals surface area contributed by atoms with Gasteiger partial charge in [-0.1, -0.05) is 12.1 Å². The summed E-state index contributed by atoms with van der Waals surface area (Å²) in [4.78, 5) is 23.7. The molecule has 154 valence electrons. The summed E-state index contributed by atoms with van der Waals surface area (Å²) in [5.74, 6) is 0.154. The second-order valence-electron chi connectivity index (χ2n) is 6.49. The summed E-state index contributed by atoms with van der Waals surface area (Å²) in [5, 5.41) is 5.44. The van der Waals surface area contributed by atoms with Crippen LogP contribution in [0.15, 0.2) is 47.4 Å². The average Bonchev–Trinajstić information content (AvgIpc) is 2.69. The van der Waals surface area contributed by atoms with Crippen LogP contribution in [0.4, 0.5) is 11.4 Å². The van der Waals surface area contributed by atoms with Crippen LogP contribution in [0.3, 0.4) is 0 Å². The van der Waals surface area contributed by atoms with Crippen molar-refractivity contribution in [2.75, 3.05) is 23.8 Å². The molecule has 9 heteroatoms. The van der Waals surface area contributed by atoms with E-state index in [-0.39, 0.29) is 29.7 Å². The zero-order chi connectivity index (χ0) is 20.9. The van der Waals surface area contributed by atoms with E-state index in [0.717, 1.165) is 5.56 Å². The summed E-state index contributed by atoms with van der Waals surface area (Å²) in [5.41, 5.74) is 1.95. The number of benzene rings is 2. The standard InChI is InChI=1S/C20H23N3O5S/c1-2-28-18-6-4-3-5-17(18)23-20(25)11-12-21-29(26,27)15-8-9-16-14(13-15)7-10-19(24)22-16/h3-6,8-9,13,21H,2,7,10-12H2,1H3,(H,22,24)(H,23,25). The lowest BCUT2D eigenvalue weighted by molar-refractivity contribution is -0.117.